The van der Waals surface area contributed by atoms with Crippen molar-refractivity contribution in [3.8, 4) is 17.3 Å². The number of unbranched alkanes of at least 4 members (excludes halogenated alkanes) is 5. The van der Waals surface area contributed by atoms with E-state index in [4.69, 9.17) is 22.7 Å². The Balaban J connectivity index is 1.39. The molecule has 46 heavy (non-hydrogen) atoms. The van der Waals surface area contributed by atoms with Crippen molar-refractivity contribution in [3.05, 3.63) is 59.3 Å². The van der Waals surface area contributed by atoms with Gasteiger partial charge in [0.05, 0.1) is 23.6 Å². The van der Waals surface area contributed by atoms with Crippen LogP contribution in [0.3, 0.4) is 0 Å². The SMILES string of the molecule is CC1(C)C(=O)N(c2cnc(C#N)c(C(F)(F)F)c2)C(=S)N1Cc1ccc(-c2cn(CCCCCCCCC(=O)NO)nn2)cc1F. The van der Waals surface area contributed by atoms with Crippen molar-refractivity contribution in [3.63, 3.8) is 0 Å². The van der Waals surface area contributed by atoms with Crippen LogP contribution in [-0.4, -0.2) is 52.6 Å². The van der Waals surface area contributed by atoms with E-state index in [1.807, 2.05) is 0 Å². The quantitative estimate of drug-likeness (QED) is 0.0798. The van der Waals surface area contributed by atoms with Gasteiger partial charge in [-0.1, -0.05) is 43.0 Å². The highest BCUT2D eigenvalue weighted by Crippen LogP contribution is 2.38. The molecule has 0 saturated carbocycles. The molecule has 244 valence electrons. The number of benzene rings is 1. The zero-order valence-corrected chi connectivity index (χ0v) is 26.0. The number of nitrogens with zero attached hydrogens (tertiary/aromatic N) is 7. The molecular weight excluding hydrogens is 628 g/mol. The molecule has 2 N–H and O–H groups in total. The number of nitrogens with one attached hydrogen (secondary N) is 1. The predicted octanol–water partition coefficient (Wildman–Crippen LogP) is 5.52. The third kappa shape index (κ3) is 7.65. The number of alkyl halides is 3. The average Bonchev–Trinajstić information content (AvgIpc) is 3.55. The van der Waals surface area contributed by atoms with E-state index in [9.17, 15) is 22.8 Å². The fourth-order valence-corrected chi connectivity index (χ4v) is 5.56. The van der Waals surface area contributed by atoms with E-state index in [1.165, 1.54) is 36.9 Å². The summed E-state index contributed by atoms with van der Waals surface area (Å²) in [6, 6.07) is 6.55. The Labute approximate surface area is 267 Å². The van der Waals surface area contributed by atoms with Gasteiger partial charge in [0.15, 0.2) is 10.8 Å². The zero-order chi connectivity index (χ0) is 33.6. The second-order valence-corrected chi connectivity index (χ2v) is 11.7. The second kappa shape index (κ2) is 14.3. The van der Waals surface area contributed by atoms with Gasteiger partial charge in [0.2, 0.25) is 5.91 Å². The van der Waals surface area contributed by atoms with E-state index in [0.29, 0.717) is 30.3 Å². The number of anilines is 1. The van der Waals surface area contributed by atoms with Gasteiger partial charge in [0.25, 0.3) is 5.91 Å². The number of carbonyl (C=O) groups excluding carboxylic acids is 2. The first-order valence-electron chi connectivity index (χ1n) is 14.5. The number of hydrogen-bond donors (Lipinski definition) is 2. The van der Waals surface area contributed by atoms with Crippen molar-refractivity contribution in [1.29, 1.82) is 5.26 Å². The first-order chi connectivity index (χ1) is 21.8. The zero-order valence-electron chi connectivity index (χ0n) is 25.1. The molecule has 16 heteroatoms. The molecule has 0 atom stereocenters. The maximum atomic E-state index is 15.4. The summed E-state index contributed by atoms with van der Waals surface area (Å²) in [5.41, 5.74) is -0.919. The van der Waals surface area contributed by atoms with Crippen LogP contribution in [0.1, 0.15) is 75.6 Å². The lowest BCUT2D eigenvalue weighted by Gasteiger charge is -2.29. The maximum Gasteiger partial charge on any atom is 0.419 e. The highest BCUT2D eigenvalue weighted by Gasteiger charge is 2.50. The molecule has 2 amide bonds. The predicted molar refractivity (Wildman–Crippen MR) is 161 cm³/mol. The van der Waals surface area contributed by atoms with E-state index in [0.717, 1.165) is 49.6 Å². The van der Waals surface area contributed by atoms with Crippen LogP contribution in [0, 0.1) is 17.1 Å². The number of amides is 2. The average molecular weight is 661 g/mol. The third-order valence-electron chi connectivity index (χ3n) is 7.75. The Hall–Kier alpha value is -4.49. The van der Waals surface area contributed by atoms with Crippen molar-refractivity contribution in [2.45, 2.75) is 83.6 Å². The Morgan fingerprint density at radius 2 is 1.83 bits per heavy atom. The summed E-state index contributed by atoms with van der Waals surface area (Å²) in [4.78, 5) is 30.3. The molecule has 1 saturated heterocycles. The molecule has 3 aromatic rings. The van der Waals surface area contributed by atoms with E-state index < -0.39 is 34.7 Å². The Morgan fingerprint density at radius 1 is 1.13 bits per heavy atom. The summed E-state index contributed by atoms with van der Waals surface area (Å²) >= 11 is 5.49. The number of hydrogen-bond acceptors (Lipinski definition) is 8. The molecule has 0 unspecified atom stereocenters. The highest BCUT2D eigenvalue weighted by molar-refractivity contribution is 7.80. The monoisotopic (exact) mass is 660 g/mol. The van der Waals surface area contributed by atoms with Gasteiger partial charge in [0.1, 0.15) is 23.1 Å². The van der Waals surface area contributed by atoms with Gasteiger partial charge in [-0.05, 0) is 51.0 Å². The molecule has 3 heterocycles. The van der Waals surface area contributed by atoms with E-state index in [1.54, 1.807) is 22.4 Å². The lowest BCUT2D eigenvalue weighted by atomic mass is 10.0. The van der Waals surface area contributed by atoms with Crippen LogP contribution in [0.5, 0.6) is 0 Å². The van der Waals surface area contributed by atoms with Crippen LogP contribution in [0.15, 0.2) is 36.7 Å². The highest BCUT2D eigenvalue weighted by atomic mass is 32.1. The number of nitriles is 1. The van der Waals surface area contributed by atoms with Gasteiger partial charge in [-0.2, -0.15) is 18.4 Å². The lowest BCUT2D eigenvalue weighted by molar-refractivity contribution is -0.138. The molecule has 2 aromatic heterocycles. The second-order valence-electron chi connectivity index (χ2n) is 11.3. The number of thiocarbonyl (C=S) groups is 1. The molecule has 1 fully saturated rings. The summed E-state index contributed by atoms with van der Waals surface area (Å²) < 4.78 is 57.7. The van der Waals surface area contributed by atoms with Crippen LogP contribution in [0.25, 0.3) is 11.3 Å². The van der Waals surface area contributed by atoms with E-state index >= 15 is 4.39 Å². The van der Waals surface area contributed by atoms with Crippen molar-refractivity contribution >= 4 is 34.8 Å². The van der Waals surface area contributed by atoms with Crippen molar-refractivity contribution in [2.75, 3.05) is 4.90 Å². The maximum absolute atomic E-state index is 15.4. The molecule has 1 aliphatic heterocycles. The Kier molecular flexibility index (Phi) is 10.7. The molecule has 0 aliphatic carbocycles. The van der Waals surface area contributed by atoms with Crippen LogP contribution >= 0.6 is 12.2 Å². The fourth-order valence-electron chi connectivity index (χ4n) is 5.08. The summed E-state index contributed by atoms with van der Waals surface area (Å²) in [7, 11) is 0. The molecular formula is C30H32F4N8O3S. The van der Waals surface area contributed by atoms with Crippen molar-refractivity contribution < 1.29 is 32.4 Å². The topological polar surface area (TPSA) is 140 Å². The number of carbonyl (C=O) groups is 2. The van der Waals surface area contributed by atoms with Gasteiger partial charge >= 0.3 is 6.18 Å². The van der Waals surface area contributed by atoms with Gasteiger partial charge < -0.3 is 4.90 Å². The van der Waals surface area contributed by atoms with Gasteiger partial charge in [-0.15, -0.1) is 5.10 Å². The number of rotatable bonds is 13. The first-order valence-corrected chi connectivity index (χ1v) is 14.9. The van der Waals surface area contributed by atoms with Crippen molar-refractivity contribution in [2.24, 2.45) is 0 Å². The van der Waals surface area contributed by atoms with Gasteiger partial charge in [-0.3, -0.25) is 24.4 Å². The third-order valence-corrected chi connectivity index (χ3v) is 8.15. The van der Waals surface area contributed by atoms with Crippen LogP contribution in [0.4, 0.5) is 23.2 Å². The van der Waals surface area contributed by atoms with Gasteiger partial charge in [-0.25, -0.2) is 14.9 Å². The molecule has 4 rings (SSSR count). The number of hydroxylamine groups is 1. The summed E-state index contributed by atoms with van der Waals surface area (Å²) in [5, 5.41) is 25.7. The van der Waals surface area contributed by atoms with E-state index in [2.05, 4.69) is 15.3 Å². The first kappa shape index (κ1) is 34.4. The summed E-state index contributed by atoms with van der Waals surface area (Å²) in [5.74, 6) is -1.60. The van der Waals surface area contributed by atoms with Gasteiger partial charge in [0, 0.05) is 30.6 Å². The molecule has 0 spiro atoms. The fraction of sp³-hybridized carbons (Fsp3) is 0.433. The minimum absolute atomic E-state index is 0.129. The number of pyridine rings is 1. The number of halogens is 4. The van der Waals surface area contributed by atoms with Crippen LogP contribution in [0.2, 0.25) is 0 Å². The number of aromatic nitrogens is 4. The van der Waals surface area contributed by atoms with Crippen molar-refractivity contribution in [1.82, 2.24) is 30.4 Å². The normalized spacial score (nSPS) is 14.6. The van der Waals surface area contributed by atoms with Crippen LogP contribution < -0.4 is 10.4 Å². The molecule has 1 aliphatic rings. The largest absolute Gasteiger partial charge is 0.419 e. The van der Waals surface area contributed by atoms with E-state index in [-0.39, 0.29) is 28.8 Å². The summed E-state index contributed by atoms with van der Waals surface area (Å²) in [6.45, 7) is 3.56. The lowest BCUT2D eigenvalue weighted by Crippen LogP contribution is -2.43. The summed E-state index contributed by atoms with van der Waals surface area (Å²) in [6.07, 6.45) is 3.53. The molecule has 1 aromatic carbocycles. The van der Waals surface area contributed by atoms with Crippen LogP contribution in [-0.2, 0) is 28.9 Å². The minimum Gasteiger partial charge on any atom is -0.330 e. The molecule has 11 nitrogen and oxygen atoms in total. The Morgan fingerprint density at radius 3 is 2.48 bits per heavy atom. The Bertz CT molecular complexity index is 1650. The number of aryl methyl sites for hydroxylation is 1. The standard InChI is InChI=1S/C30H32F4N8O3S/c1-29(2)27(44)42(21-14-22(30(32,33)34)24(15-35)36-16-21)28(46)41(29)17-20-11-10-19(13-23(20)31)25-18-40(39-37-25)12-8-6-4-3-5-7-9-26(43)38-45/h10-11,13-14,16,18,45H,3-9,12,17H2,1-2H3,(H,38,43). The minimum atomic E-state index is -4.88. The molecule has 0 radical (unpaired) electrons. The molecule has 0 bridgehead atoms. The smallest absolute Gasteiger partial charge is 0.330 e.